The number of hydrogen-bond donors (Lipinski definition) is 1. The van der Waals surface area contributed by atoms with E-state index in [-0.39, 0.29) is 5.69 Å². The number of halogens is 2. The van der Waals surface area contributed by atoms with E-state index in [1.54, 1.807) is 38.5 Å². The van der Waals surface area contributed by atoms with Crippen LogP contribution in [0.1, 0.15) is 15.9 Å². The average Bonchev–Trinajstić information content (AvgIpc) is 2.50. The first-order chi connectivity index (χ1) is 10.5. The molecule has 6 heteroatoms. The van der Waals surface area contributed by atoms with Gasteiger partial charge in [-0.1, -0.05) is 15.9 Å². The van der Waals surface area contributed by atoms with Crippen LogP contribution in [0.3, 0.4) is 0 Å². The second-order valence-corrected chi connectivity index (χ2v) is 5.45. The molecule has 2 aromatic rings. The van der Waals surface area contributed by atoms with Crippen molar-refractivity contribution >= 4 is 27.5 Å². The summed E-state index contributed by atoms with van der Waals surface area (Å²) in [6.07, 6.45) is 0. The van der Waals surface area contributed by atoms with E-state index in [9.17, 15) is 9.18 Å². The Balaban J connectivity index is 2.23. The second kappa shape index (κ2) is 7.38. The van der Waals surface area contributed by atoms with Crippen molar-refractivity contribution < 1.29 is 18.7 Å². The number of hydrogen-bond acceptors (Lipinski definition) is 3. The number of carbonyl (C=O) groups excluding carboxylic acids is 1. The Hall–Kier alpha value is -1.92. The lowest BCUT2D eigenvalue weighted by Gasteiger charge is -2.11. The van der Waals surface area contributed by atoms with E-state index >= 15 is 0 Å². The maximum atomic E-state index is 13.8. The van der Waals surface area contributed by atoms with Gasteiger partial charge in [0.05, 0.1) is 19.4 Å². The molecule has 116 valence electrons. The average molecular weight is 368 g/mol. The van der Waals surface area contributed by atoms with Gasteiger partial charge in [-0.25, -0.2) is 4.39 Å². The van der Waals surface area contributed by atoms with Crippen LogP contribution in [-0.2, 0) is 11.3 Å². The smallest absolute Gasteiger partial charge is 0.255 e. The van der Waals surface area contributed by atoms with Crippen LogP contribution in [0.25, 0.3) is 0 Å². The van der Waals surface area contributed by atoms with Crippen molar-refractivity contribution in [3.63, 3.8) is 0 Å². The Kier molecular flexibility index (Phi) is 5.51. The molecule has 22 heavy (non-hydrogen) atoms. The molecule has 0 aliphatic heterocycles. The van der Waals surface area contributed by atoms with Crippen LogP contribution in [0.5, 0.6) is 5.75 Å². The minimum atomic E-state index is -0.506. The summed E-state index contributed by atoms with van der Waals surface area (Å²) >= 11 is 3.17. The van der Waals surface area contributed by atoms with E-state index in [2.05, 4.69) is 21.2 Å². The fraction of sp³-hybridized carbons (Fsp3) is 0.188. The number of carbonyl (C=O) groups is 1. The quantitative estimate of drug-likeness (QED) is 0.868. The summed E-state index contributed by atoms with van der Waals surface area (Å²) in [7, 11) is 3.11. The molecule has 0 saturated carbocycles. The van der Waals surface area contributed by atoms with Gasteiger partial charge in [0.15, 0.2) is 0 Å². The summed E-state index contributed by atoms with van der Waals surface area (Å²) in [5.74, 6) is -0.275. The van der Waals surface area contributed by atoms with Crippen LogP contribution in [0, 0.1) is 5.82 Å². The molecule has 2 aromatic carbocycles. The first-order valence-electron chi connectivity index (χ1n) is 6.47. The van der Waals surface area contributed by atoms with E-state index in [0.29, 0.717) is 22.4 Å². The highest BCUT2D eigenvalue weighted by Gasteiger charge is 2.12. The SMILES string of the molecule is COCc1cc(C(=O)Nc2ccc(Br)cc2F)ccc1OC. The van der Waals surface area contributed by atoms with Crippen LogP contribution in [0.2, 0.25) is 0 Å². The molecule has 0 bridgehead atoms. The first-order valence-corrected chi connectivity index (χ1v) is 7.26. The molecular weight excluding hydrogens is 353 g/mol. The van der Waals surface area contributed by atoms with Gasteiger partial charge >= 0.3 is 0 Å². The van der Waals surface area contributed by atoms with Gasteiger partial charge < -0.3 is 14.8 Å². The topological polar surface area (TPSA) is 47.6 Å². The molecule has 0 saturated heterocycles. The van der Waals surface area contributed by atoms with Gasteiger partial charge in [0.2, 0.25) is 0 Å². The normalized spacial score (nSPS) is 10.4. The Bertz CT molecular complexity index is 691. The van der Waals surface area contributed by atoms with Crippen LogP contribution in [-0.4, -0.2) is 20.1 Å². The van der Waals surface area contributed by atoms with Crippen molar-refractivity contribution in [2.75, 3.05) is 19.5 Å². The fourth-order valence-electron chi connectivity index (χ4n) is 1.97. The molecule has 0 aliphatic carbocycles. The van der Waals surface area contributed by atoms with Crippen molar-refractivity contribution in [1.29, 1.82) is 0 Å². The summed E-state index contributed by atoms with van der Waals surface area (Å²) < 4.78 is 24.7. The van der Waals surface area contributed by atoms with Gasteiger partial charge in [0.25, 0.3) is 5.91 Å². The highest BCUT2D eigenvalue weighted by Crippen LogP contribution is 2.23. The van der Waals surface area contributed by atoms with E-state index in [0.717, 1.165) is 5.56 Å². The molecule has 0 aromatic heterocycles. The third kappa shape index (κ3) is 3.84. The minimum Gasteiger partial charge on any atom is -0.496 e. The molecule has 0 radical (unpaired) electrons. The second-order valence-electron chi connectivity index (χ2n) is 4.54. The molecule has 0 unspecified atom stereocenters. The molecule has 4 nitrogen and oxygen atoms in total. The van der Waals surface area contributed by atoms with Gasteiger partial charge in [0, 0.05) is 22.7 Å². The van der Waals surface area contributed by atoms with Crippen molar-refractivity contribution in [3.8, 4) is 5.75 Å². The predicted molar refractivity (Wildman–Crippen MR) is 85.8 cm³/mol. The molecule has 0 atom stereocenters. The largest absolute Gasteiger partial charge is 0.496 e. The predicted octanol–water partition coefficient (Wildman–Crippen LogP) is 4.00. The zero-order valence-electron chi connectivity index (χ0n) is 12.2. The lowest BCUT2D eigenvalue weighted by atomic mass is 10.1. The summed E-state index contributed by atoms with van der Waals surface area (Å²) in [6.45, 7) is 0.316. The zero-order valence-corrected chi connectivity index (χ0v) is 13.7. The van der Waals surface area contributed by atoms with E-state index in [1.165, 1.54) is 12.1 Å². The Morgan fingerprint density at radius 2 is 2.00 bits per heavy atom. The summed E-state index contributed by atoms with van der Waals surface area (Å²) in [4.78, 5) is 12.2. The monoisotopic (exact) mass is 367 g/mol. The highest BCUT2D eigenvalue weighted by molar-refractivity contribution is 9.10. The van der Waals surface area contributed by atoms with Gasteiger partial charge in [-0.3, -0.25) is 4.79 Å². The number of anilines is 1. The van der Waals surface area contributed by atoms with E-state index in [4.69, 9.17) is 9.47 Å². The van der Waals surface area contributed by atoms with E-state index in [1.807, 2.05) is 0 Å². The van der Waals surface area contributed by atoms with Crippen LogP contribution < -0.4 is 10.1 Å². The van der Waals surface area contributed by atoms with Gasteiger partial charge in [-0.05, 0) is 36.4 Å². The fourth-order valence-corrected chi connectivity index (χ4v) is 2.31. The Morgan fingerprint density at radius 1 is 1.23 bits per heavy atom. The molecule has 0 spiro atoms. The highest BCUT2D eigenvalue weighted by atomic mass is 79.9. The Morgan fingerprint density at radius 3 is 2.64 bits per heavy atom. The number of nitrogens with one attached hydrogen (secondary N) is 1. The van der Waals surface area contributed by atoms with Gasteiger partial charge in [-0.2, -0.15) is 0 Å². The standard InChI is InChI=1S/C16H15BrFNO3/c1-21-9-11-7-10(3-6-15(11)22-2)16(20)19-14-5-4-12(17)8-13(14)18/h3-8H,9H2,1-2H3,(H,19,20). The number of benzene rings is 2. The van der Waals surface area contributed by atoms with Crippen molar-refractivity contribution in [2.24, 2.45) is 0 Å². The lowest BCUT2D eigenvalue weighted by molar-refractivity contribution is 0.102. The molecule has 2 rings (SSSR count). The molecule has 1 amide bonds. The summed E-state index contributed by atoms with van der Waals surface area (Å²) in [5.41, 5.74) is 1.27. The number of amides is 1. The zero-order chi connectivity index (χ0) is 16.1. The number of ether oxygens (including phenoxy) is 2. The van der Waals surface area contributed by atoms with Gasteiger partial charge in [0.1, 0.15) is 11.6 Å². The maximum Gasteiger partial charge on any atom is 0.255 e. The van der Waals surface area contributed by atoms with Crippen LogP contribution in [0.15, 0.2) is 40.9 Å². The molecule has 1 N–H and O–H groups in total. The van der Waals surface area contributed by atoms with Crippen LogP contribution in [0.4, 0.5) is 10.1 Å². The first kappa shape index (κ1) is 16.5. The third-order valence-electron chi connectivity index (χ3n) is 3.02. The molecule has 0 aliphatic rings. The van der Waals surface area contributed by atoms with Crippen molar-refractivity contribution in [1.82, 2.24) is 0 Å². The minimum absolute atomic E-state index is 0.123. The van der Waals surface area contributed by atoms with Crippen molar-refractivity contribution in [2.45, 2.75) is 6.61 Å². The van der Waals surface area contributed by atoms with Crippen LogP contribution >= 0.6 is 15.9 Å². The van der Waals surface area contributed by atoms with Crippen molar-refractivity contribution in [3.05, 3.63) is 57.8 Å². The lowest BCUT2D eigenvalue weighted by Crippen LogP contribution is -2.13. The summed E-state index contributed by atoms with van der Waals surface area (Å²) in [5, 5.41) is 2.54. The third-order valence-corrected chi connectivity index (χ3v) is 3.52. The molecule has 0 fully saturated rings. The van der Waals surface area contributed by atoms with Gasteiger partial charge in [-0.15, -0.1) is 0 Å². The molecular formula is C16H15BrFNO3. The van der Waals surface area contributed by atoms with E-state index < -0.39 is 11.7 Å². The number of rotatable bonds is 5. The number of methoxy groups -OCH3 is 2. The molecule has 0 heterocycles. The maximum absolute atomic E-state index is 13.8. The Labute approximate surface area is 136 Å². The summed E-state index contributed by atoms with van der Waals surface area (Å²) in [6, 6.07) is 9.40.